The van der Waals surface area contributed by atoms with Crippen LogP contribution in [0.5, 0.6) is 0 Å². The van der Waals surface area contributed by atoms with E-state index < -0.39 is 17.8 Å². The second-order valence-electron chi connectivity index (χ2n) is 5.99. The minimum Gasteiger partial charge on any atom is -0.467 e. The Hall–Kier alpha value is -3.25. The molecule has 150 valence electrons. The number of hydrogen-bond acceptors (Lipinski definition) is 4. The molecule has 0 unspecified atom stereocenters. The summed E-state index contributed by atoms with van der Waals surface area (Å²) in [5, 5.41) is 12.6. The van der Waals surface area contributed by atoms with Crippen LogP contribution >= 0.6 is 11.6 Å². The predicted molar refractivity (Wildman–Crippen MR) is 97.3 cm³/mol. The third-order valence-electron chi connectivity index (χ3n) is 4.01. The molecule has 0 aliphatic carbocycles. The number of hydrogen-bond donors (Lipinski definition) is 0. The highest BCUT2D eigenvalue weighted by molar-refractivity contribution is 6.32. The van der Waals surface area contributed by atoms with Gasteiger partial charge in [0, 0.05) is 12.6 Å². The maximum Gasteiger partial charge on any atom is 0.435 e. The fourth-order valence-corrected chi connectivity index (χ4v) is 2.88. The largest absolute Gasteiger partial charge is 0.467 e. The van der Waals surface area contributed by atoms with Crippen molar-refractivity contribution in [2.75, 3.05) is 6.54 Å². The summed E-state index contributed by atoms with van der Waals surface area (Å²) in [5.74, 6) is -0.310. The zero-order valence-electron chi connectivity index (χ0n) is 14.9. The van der Waals surface area contributed by atoms with Crippen LogP contribution in [0.4, 0.5) is 13.2 Å². The van der Waals surface area contributed by atoms with Crippen molar-refractivity contribution in [2.45, 2.75) is 19.1 Å². The first kappa shape index (κ1) is 20.5. The van der Waals surface area contributed by atoms with E-state index in [1.165, 1.54) is 23.3 Å². The van der Waals surface area contributed by atoms with E-state index in [-0.39, 0.29) is 35.9 Å². The molecule has 0 bridgehead atoms. The van der Waals surface area contributed by atoms with Crippen LogP contribution in [0.3, 0.4) is 0 Å². The van der Waals surface area contributed by atoms with Gasteiger partial charge >= 0.3 is 6.18 Å². The number of carbonyl (C=O) groups excluding carboxylic acids is 1. The summed E-state index contributed by atoms with van der Waals surface area (Å²) in [6, 6.07) is 12.0. The van der Waals surface area contributed by atoms with E-state index in [4.69, 9.17) is 21.3 Å². The lowest BCUT2D eigenvalue weighted by atomic mass is 10.2. The summed E-state index contributed by atoms with van der Waals surface area (Å²) in [6.07, 6.45) is -3.34. The monoisotopic (exact) mass is 422 g/mol. The molecule has 10 heteroatoms. The molecule has 0 N–H and O–H groups in total. The van der Waals surface area contributed by atoms with Gasteiger partial charge in [-0.3, -0.25) is 4.79 Å². The second-order valence-corrected chi connectivity index (χ2v) is 6.40. The van der Waals surface area contributed by atoms with Gasteiger partial charge in [-0.25, -0.2) is 4.68 Å². The smallest absolute Gasteiger partial charge is 0.435 e. The van der Waals surface area contributed by atoms with E-state index >= 15 is 0 Å². The summed E-state index contributed by atoms with van der Waals surface area (Å²) in [4.78, 5) is 14.4. The van der Waals surface area contributed by atoms with Crippen molar-refractivity contribution >= 4 is 17.5 Å². The van der Waals surface area contributed by atoms with E-state index in [1.54, 1.807) is 24.3 Å². The fourth-order valence-electron chi connectivity index (χ4n) is 2.67. The highest BCUT2D eigenvalue weighted by atomic mass is 35.5. The molecule has 0 atom stereocenters. The molecule has 6 nitrogen and oxygen atoms in total. The predicted octanol–water partition coefficient (Wildman–Crippen LogP) is 4.69. The highest BCUT2D eigenvalue weighted by Gasteiger charge is 2.37. The number of carbonyl (C=O) groups is 1. The number of para-hydroxylation sites is 1. The zero-order valence-corrected chi connectivity index (χ0v) is 15.6. The van der Waals surface area contributed by atoms with Gasteiger partial charge in [0.2, 0.25) is 0 Å². The Balaban J connectivity index is 2.06. The van der Waals surface area contributed by atoms with Crippen molar-refractivity contribution in [2.24, 2.45) is 0 Å². The molecule has 0 aliphatic heterocycles. The Morgan fingerprint density at radius 1 is 1.28 bits per heavy atom. The topological polar surface area (TPSA) is 75.1 Å². The number of benzene rings is 1. The Morgan fingerprint density at radius 2 is 2.03 bits per heavy atom. The quantitative estimate of drug-likeness (QED) is 0.577. The third-order valence-corrected chi connectivity index (χ3v) is 4.33. The van der Waals surface area contributed by atoms with Crippen molar-refractivity contribution in [1.82, 2.24) is 14.7 Å². The van der Waals surface area contributed by atoms with Crippen molar-refractivity contribution in [3.8, 4) is 11.8 Å². The summed E-state index contributed by atoms with van der Waals surface area (Å²) in [5.41, 5.74) is -1.42. The van der Waals surface area contributed by atoms with Gasteiger partial charge in [0.15, 0.2) is 5.69 Å². The normalized spacial score (nSPS) is 11.3. The zero-order chi connectivity index (χ0) is 21.0. The van der Waals surface area contributed by atoms with E-state index in [9.17, 15) is 18.0 Å². The maximum absolute atomic E-state index is 13.3. The Labute approximate surface area is 168 Å². The number of amides is 1. The molecule has 29 heavy (non-hydrogen) atoms. The van der Waals surface area contributed by atoms with Gasteiger partial charge in [-0.1, -0.05) is 23.7 Å². The molecular formula is C19H14ClF3N4O2. The molecule has 2 heterocycles. The van der Waals surface area contributed by atoms with Crippen LogP contribution in [-0.4, -0.2) is 27.1 Å². The van der Waals surface area contributed by atoms with Crippen molar-refractivity contribution in [3.63, 3.8) is 0 Å². The van der Waals surface area contributed by atoms with Crippen LogP contribution in [0, 0.1) is 11.3 Å². The van der Waals surface area contributed by atoms with E-state index in [0.29, 0.717) is 11.8 Å². The van der Waals surface area contributed by atoms with Gasteiger partial charge < -0.3 is 9.32 Å². The third kappa shape index (κ3) is 4.60. The van der Waals surface area contributed by atoms with Gasteiger partial charge in [0.25, 0.3) is 5.91 Å². The SMILES string of the molecule is N#CCCN(Cc1ccco1)C(=O)c1cc(C(F)(F)F)nn1-c1ccccc1Cl. The fraction of sp³-hybridized carbons (Fsp3) is 0.211. The number of alkyl halides is 3. The number of nitriles is 1. The van der Waals surface area contributed by atoms with Crippen LogP contribution in [0.2, 0.25) is 5.02 Å². The molecule has 2 aromatic heterocycles. The van der Waals surface area contributed by atoms with E-state index in [2.05, 4.69) is 5.10 Å². The van der Waals surface area contributed by atoms with Crippen LogP contribution in [-0.2, 0) is 12.7 Å². The van der Waals surface area contributed by atoms with Gasteiger partial charge in [-0.15, -0.1) is 0 Å². The second kappa shape index (κ2) is 8.41. The number of rotatable bonds is 6. The number of furan rings is 1. The first-order valence-electron chi connectivity index (χ1n) is 8.42. The average molecular weight is 423 g/mol. The minimum absolute atomic E-state index is 0.00118. The molecule has 0 spiro atoms. The maximum atomic E-state index is 13.3. The van der Waals surface area contributed by atoms with Gasteiger partial charge in [-0.2, -0.15) is 23.5 Å². The molecular weight excluding hydrogens is 409 g/mol. The Morgan fingerprint density at radius 3 is 2.66 bits per heavy atom. The van der Waals surface area contributed by atoms with Gasteiger partial charge in [0.05, 0.1) is 36.0 Å². The van der Waals surface area contributed by atoms with Crippen molar-refractivity contribution in [1.29, 1.82) is 5.26 Å². The first-order chi connectivity index (χ1) is 13.8. The van der Waals surface area contributed by atoms with Gasteiger partial charge in [0.1, 0.15) is 11.5 Å². The molecule has 0 saturated carbocycles. The highest BCUT2D eigenvalue weighted by Crippen LogP contribution is 2.31. The van der Waals surface area contributed by atoms with Crippen molar-refractivity contribution in [3.05, 3.63) is 70.9 Å². The molecule has 0 fully saturated rings. The van der Waals surface area contributed by atoms with Crippen LogP contribution < -0.4 is 0 Å². The molecule has 1 aromatic carbocycles. The van der Waals surface area contributed by atoms with Crippen LogP contribution in [0.15, 0.2) is 53.1 Å². The summed E-state index contributed by atoms with van der Waals surface area (Å²) >= 11 is 6.11. The number of nitrogens with zero attached hydrogens (tertiary/aromatic N) is 4. The van der Waals surface area contributed by atoms with Crippen LogP contribution in [0.25, 0.3) is 5.69 Å². The number of aromatic nitrogens is 2. The Kier molecular flexibility index (Phi) is 5.94. The molecule has 0 saturated heterocycles. The molecule has 0 aliphatic rings. The first-order valence-corrected chi connectivity index (χ1v) is 8.80. The van der Waals surface area contributed by atoms with Crippen molar-refractivity contribution < 1.29 is 22.4 Å². The summed E-state index contributed by atoms with van der Waals surface area (Å²) in [6.45, 7) is -0.00630. The van der Waals surface area contributed by atoms with Gasteiger partial charge in [-0.05, 0) is 24.3 Å². The average Bonchev–Trinajstić information content (AvgIpc) is 3.34. The van der Waals surface area contributed by atoms with Crippen LogP contribution in [0.1, 0.15) is 28.4 Å². The number of halogens is 4. The van der Waals surface area contributed by atoms with E-state index in [1.807, 2.05) is 6.07 Å². The minimum atomic E-state index is -4.75. The molecule has 0 radical (unpaired) electrons. The van der Waals surface area contributed by atoms with E-state index in [0.717, 1.165) is 4.68 Å². The Bertz CT molecular complexity index is 1040. The molecule has 1 amide bonds. The standard InChI is InChI=1S/C19H14ClF3N4O2/c20-14-6-1-2-7-15(14)27-16(11-17(25-27)19(21,22)23)18(28)26(9-4-8-24)12-13-5-3-10-29-13/h1-3,5-7,10-11H,4,9,12H2. The lowest BCUT2D eigenvalue weighted by molar-refractivity contribution is -0.141. The lowest BCUT2D eigenvalue weighted by Gasteiger charge is -2.21. The summed E-state index contributed by atoms with van der Waals surface area (Å²) in [7, 11) is 0. The molecule has 3 aromatic rings. The summed E-state index contributed by atoms with van der Waals surface area (Å²) < 4.78 is 45.9. The molecule has 3 rings (SSSR count). The lowest BCUT2D eigenvalue weighted by Crippen LogP contribution is -2.32.